The van der Waals surface area contributed by atoms with Crippen LogP contribution in [0.15, 0.2) is 18.5 Å². The fraction of sp³-hybridized carbons (Fsp3) is 0.375. The van der Waals surface area contributed by atoms with E-state index in [0.717, 1.165) is 5.56 Å². The van der Waals surface area contributed by atoms with Crippen molar-refractivity contribution in [3.05, 3.63) is 24.0 Å². The Hall–Kier alpha value is -1.05. The van der Waals surface area contributed by atoms with Gasteiger partial charge in [-0.1, -0.05) is 26.0 Å². The predicted molar refractivity (Wildman–Crippen MR) is 42.5 cm³/mol. The molecule has 0 atom stereocenters. The molecule has 2 nitrogen and oxygen atoms in total. The molecule has 0 amide bonds. The van der Waals surface area contributed by atoms with E-state index in [-0.39, 0.29) is 0 Å². The first kappa shape index (κ1) is 7.06. The highest BCUT2D eigenvalue weighted by atomic mass is 15.1. The largest absolute Gasteiger partial charge is 0.285 e. The number of aromatic nitrogens is 2. The lowest BCUT2D eigenvalue weighted by Gasteiger charge is -1.90. The van der Waals surface area contributed by atoms with Gasteiger partial charge in [-0.15, -0.1) is 0 Å². The van der Waals surface area contributed by atoms with Crippen LogP contribution in [0.25, 0.3) is 6.08 Å². The van der Waals surface area contributed by atoms with E-state index >= 15 is 0 Å². The van der Waals surface area contributed by atoms with Gasteiger partial charge in [0.2, 0.25) is 0 Å². The Balaban J connectivity index is 2.55. The molecule has 0 unspecified atom stereocenters. The van der Waals surface area contributed by atoms with E-state index < -0.39 is 0 Å². The van der Waals surface area contributed by atoms with Gasteiger partial charge in [0.15, 0.2) is 0 Å². The van der Waals surface area contributed by atoms with Crippen LogP contribution in [0.2, 0.25) is 0 Å². The minimum absolute atomic E-state index is 0.606. The Morgan fingerprint density at radius 3 is 2.90 bits per heavy atom. The molecule has 0 aromatic carbocycles. The van der Waals surface area contributed by atoms with E-state index in [1.807, 2.05) is 6.20 Å². The van der Waals surface area contributed by atoms with E-state index in [9.17, 15) is 0 Å². The maximum atomic E-state index is 3.82. The van der Waals surface area contributed by atoms with Crippen molar-refractivity contribution in [2.45, 2.75) is 13.8 Å². The third kappa shape index (κ3) is 2.05. The van der Waals surface area contributed by atoms with Crippen LogP contribution in [-0.2, 0) is 0 Å². The maximum Gasteiger partial charge on any atom is 0.0559 e. The average Bonchev–Trinajstić information content (AvgIpc) is 2.34. The molecular formula is C8H12N2. The summed E-state index contributed by atoms with van der Waals surface area (Å²) in [5.74, 6) is 0.606. The molecule has 10 heavy (non-hydrogen) atoms. The summed E-state index contributed by atoms with van der Waals surface area (Å²) in [6.45, 7) is 4.30. The van der Waals surface area contributed by atoms with Gasteiger partial charge in [0, 0.05) is 11.8 Å². The summed E-state index contributed by atoms with van der Waals surface area (Å²) < 4.78 is 0. The average molecular weight is 136 g/mol. The number of H-pyrrole nitrogens is 1. The number of rotatable bonds is 2. The quantitative estimate of drug-likeness (QED) is 0.662. The van der Waals surface area contributed by atoms with Gasteiger partial charge in [-0.2, -0.15) is 5.10 Å². The zero-order valence-corrected chi connectivity index (χ0v) is 6.33. The number of nitrogens with one attached hydrogen (secondary N) is 1. The molecule has 0 bridgehead atoms. The van der Waals surface area contributed by atoms with Gasteiger partial charge in [-0.05, 0) is 5.92 Å². The van der Waals surface area contributed by atoms with Gasteiger partial charge in [0.25, 0.3) is 0 Å². The number of aromatic amines is 1. The summed E-state index contributed by atoms with van der Waals surface area (Å²) in [6, 6.07) is 0. The Bertz CT molecular complexity index is 197. The Kier molecular flexibility index (Phi) is 2.26. The fourth-order valence-corrected chi connectivity index (χ4v) is 0.656. The van der Waals surface area contributed by atoms with E-state index in [1.54, 1.807) is 6.20 Å². The zero-order chi connectivity index (χ0) is 7.40. The maximum absolute atomic E-state index is 3.82. The van der Waals surface area contributed by atoms with Crippen molar-refractivity contribution < 1.29 is 0 Å². The summed E-state index contributed by atoms with van der Waals surface area (Å²) in [7, 11) is 0. The van der Waals surface area contributed by atoms with Crippen molar-refractivity contribution in [1.82, 2.24) is 10.2 Å². The predicted octanol–water partition coefficient (Wildman–Crippen LogP) is 2.08. The van der Waals surface area contributed by atoms with E-state index in [1.165, 1.54) is 0 Å². The summed E-state index contributed by atoms with van der Waals surface area (Å²) in [6.07, 6.45) is 7.89. The van der Waals surface area contributed by atoms with Crippen molar-refractivity contribution in [3.8, 4) is 0 Å². The molecule has 0 aliphatic rings. The highest BCUT2D eigenvalue weighted by molar-refractivity contribution is 5.46. The van der Waals surface area contributed by atoms with Gasteiger partial charge in [0.1, 0.15) is 0 Å². The monoisotopic (exact) mass is 136 g/mol. The molecule has 1 heterocycles. The Morgan fingerprint density at radius 2 is 2.40 bits per heavy atom. The molecule has 1 aromatic rings. The lowest BCUT2D eigenvalue weighted by molar-refractivity contribution is 0.836. The van der Waals surface area contributed by atoms with Gasteiger partial charge in [-0.25, -0.2) is 0 Å². The van der Waals surface area contributed by atoms with Crippen LogP contribution in [0.3, 0.4) is 0 Å². The fourth-order valence-electron chi connectivity index (χ4n) is 0.656. The molecule has 2 heteroatoms. The summed E-state index contributed by atoms with van der Waals surface area (Å²) in [5.41, 5.74) is 1.13. The third-order valence-corrected chi connectivity index (χ3v) is 1.19. The molecule has 0 spiro atoms. The summed E-state index contributed by atoms with van der Waals surface area (Å²) >= 11 is 0. The van der Waals surface area contributed by atoms with Crippen molar-refractivity contribution in [2.24, 2.45) is 5.92 Å². The van der Waals surface area contributed by atoms with Crippen molar-refractivity contribution in [3.63, 3.8) is 0 Å². The van der Waals surface area contributed by atoms with Crippen LogP contribution >= 0.6 is 0 Å². The molecular weight excluding hydrogens is 124 g/mol. The second kappa shape index (κ2) is 3.20. The number of hydrogen-bond donors (Lipinski definition) is 1. The number of allylic oxidation sites excluding steroid dienone is 1. The SMILES string of the molecule is CC(C)/C=C/c1cn[nH]c1. The topological polar surface area (TPSA) is 28.7 Å². The smallest absolute Gasteiger partial charge is 0.0559 e. The summed E-state index contributed by atoms with van der Waals surface area (Å²) in [5, 5.41) is 6.58. The second-order valence-electron chi connectivity index (χ2n) is 2.63. The van der Waals surface area contributed by atoms with Crippen LogP contribution in [0.1, 0.15) is 19.4 Å². The minimum atomic E-state index is 0.606. The molecule has 1 rings (SSSR count). The van der Waals surface area contributed by atoms with E-state index in [2.05, 4.69) is 36.2 Å². The number of nitrogens with zero attached hydrogens (tertiary/aromatic N) is 1. The molecule has 0 aliphatic carbocycles. The standard InChI is InChI=1S/C8H12N2/c1-7(2)3-4-8-5-9-10-6-8/h3-7H,1-2H3,(H,9,10)/b4-3+. The molecule has 0 fully saturated rings. The molecule has 54 valence electrons. The number of hydrogen-bond acceptors (Lipinski definition) is 1. The van der Waals surface area contributed by atoms with Gasteiger partial charge >= 0.3 is 0 Å². The molecule has 0 saturated carbocycles. The lowest BCUT2D eigenvalue weighted by Crippen LogP contribution is -1.75. The summed E-state index contributed by atoms with van der Waals surface area (Å²) in [4.78, 5) is 0. The van der Waals surface area contributed by atoms with Gasteiger partial charge < -0.3 is 0 Å². The van der Waals surface area contributed by atoms with Gasteiger partial charge in [0.05, 0.1) is 6.20 Å². The molecule has 0 radical (unpaired) electrons. The minimum Gasteiger partial charge on any atom is -0.285 e. The highest BCUT2D eigenvalue weighted by Crippen LogP contribution is 2.01. The first-order chi connectivity index (χ1) is 4.79. The van der Waals surface area contributed by atoms with E-state index in [0.29, 0.717) is 5.92 Å². The van der Waals surface area contributed by atoms with Crippen LogP contribution < -0.4 is 0 Å². The molecule has 0 aliphatic heterocycles. The molecule has 0 saturated heterocycles. The third-order valence-electron chi connectivity index (χ3n) is 1.19. The van der Waals surface area contributed by atoms with Crippen LogP contribution in [0.5, 0.6) is 0 Å². The van der Waals surface area contributed by atoms with Crippen molar-refractivity contribution in [1.29, 1.82) is 0 Å². The van der Waals surface area contributed by atoms with E-state index in [4.69, 9.17) is 0 Å². The Morgan fingerprint density at radius 1 is 1.60 bits per heavy atom. The first-order valence-corrected chi connectivity index (χ1v) is 3.46. The molecule has 1 aromatic heterocycles. The second-order valence-corrected chi connectivity index (χ2v) is 2.63. The normalized spacial score (nSPS) is 11.5. The Labute approximate surface area is 61.0 Å². The lowest BCUT2D eigenvalue weighted by atomic mass is 10.2. The van der Waals surface area contributed by atoms with Crippen molar-refractivity contribution in [2.75, 3.05) is 0 Å². The zero-order valence-electron chi connectivity index (χ0n) is 6.33. The van der Waals surface area contributed by atoms with Crippen molar-refractivity contribution >= 4 is 6.08 Å². The molecule has 1 N–H and O–H groups in total. The van der Waals surface area contributed by atoms with Crippen LogP contribution in [0, 0.1) is 5.92 Å². The highest BCUT2D eigenvalue weighted by Gasteiger charge is 1.86. The first-order valence-electron chi connectivity index (χ1n) is 3.46. The van der Waals surface area contributed by atoms with Gasteiger partial charge in [-0.3, -0.25) is 5.10 Å². The van der Waals surface area contributed by atoms with Crippen LogP contribution in [0.4, 0.5) is 0 Å². The van der Waals surface area contributed by atoms with Crippen LogP contribution in [-0.4, -0.2) is 10.2 Å².